The van der Waals surface area contributed by atoms with Gasteiger partial charge < -0.3 is 4.74 Å². The van der Waals surface area contributed by atoms with Crippen LogP contribution in [0.4, 0.5) is 0 Å². The molecule has 2 heterocycles. The van der Waals surface area contributed by atoms with Gasteiger partial charge in [0, 0.05) is 16.6 Å². The molecule has 0 bridgehead atoms. The van der Waals surface area contributed by atoms with E-state index in [2.05, 4.69) is 4.98 Å². The van der Waals surface area contributed by atoms with Crippen LogP contribution in [0.5, 0.6) is 0 Å². The summed E-state index contributed by atoms with van der Waals surface area (Å²) < 4.78 is 5.15. The second kappa shape index (κ2) is 4.57. The molecule has 0 spiro atoms. The monoisotopic (exact) mass is 223 g/mol. The van der Waals surface area contributed by atoms with E-state index in [0.717, 1.165) is 35.7 Å². The van der Waals surface area contributed by atoms with E-state index in [9.17, 15) is 4.79 Å². The Hall–Kier alpha value is -1.16. The third kappa shape index (κ3) is 2.65. The maximum atomic E-state index is 11.8. The molecule has 0 atom stereocenters. The van der Waals surface area contributed by atoms with Crippen molar-refractivity contribution in [3.05, 3.63) is 27.9 Å². The van der Waals surface area contributed by atoms with Gasteiger partial charge in [-0.1, -0.05) is 0 Å². The van der Waals surface area contributed by atoms with Crippen molar-refractivity contribution in [3.63, 3.8) is 0 Å². The van der Waals surface area contributed by atoms with Gasteiger partial charge in [0.05, 0.1) is 19.3 Å². The Morgan fingerprint density at radius 1 is 1.67 bits per heavy atom. The van der Waals surface area contributed by atoms with Crippen LogP contribution in [0.25, 0.3) is 0 Å². The van der Waals surface area contributed by atoms with Gasteiger partial charge in [0.2, 0.25) is 0 Å². The van der Waals surface area contributed by atoms with E-state index in [-0.39, 0.29) is 5.78 Å². The minimum Gasteiger partial charge on any atom is -0.501 e. The van der Waals surface area contributed by atoms with E-state index in [0.29, 0.717) is 6.42 Å². The number of hydrogen-bond acceptors (Lipinski definition) is 4. The molecular formula is C11H13NO2S. The standard InChI is InChI=1S/C11H13NO2S/c1-8-7-15-11(12-8)5-10(13)9-3-2-4-14-6-9/h6-7H,2-5H2,1H3. The van der Waals surface area contributed by atoms with E-state index >= 15 is 0 Å². The fraction of sp³-hybridized carbons (Fsp3) is 0.455. The van der Waals surface area contributed by atoms with Crippen LogP contribution in [0.3, 0.4) is 0 Å². The number of carbonyl (C=O) groups is 1. The van der Waals surface area contributed by atoms with Gasteiger partial charge >= 0.3 is 0 Å². The van der Waals surface area contributed by atoms with E-state index in [1.807, 2.05) is 12.3 Å². The van der Waals surface area contributed by atoms with Crippen LogP contribution >= 0.6 is 11.3 Å². The number of carbonyl (C=O) groups excluding carboxylic acids is 1. The molecule has 0 N–H and O–H groups in total. The number of Topliss-reactive ketones (excluding diaryl/α,β-unsaturated/α-hetero) is 1. The lowest BCUT2D eigenvalue weighted by molar-refractivity contribution is -0.115. The smallest absolute Gasteiger partial charge is 0.168 e. The largest absolute Gasteiger partial charge is 0.501 e. The first-order chi connectivity index (χ1) is 7.25. The average Bonchev–Trinajstić information content (AvgIpc) is 2.65. The summed E-state index contributed by atoms with van der Waals surface area (Å²) in [6.07, 6.45) is 3.79. The summed E-state index contributed by atoms with van der Waals surface area (Å²) in [7, 11) is 0. The number of nitrogens with zero attached hydrogens (tertiary/aromatic N) is 1. The first-order valence-electron chi connectivity index (χ1n) is 5.00. The van der Waals surface area contributed by atoms with Crippen LogP contribution < -0.4 is 0 Å². The minimum atomic E-state index is 0.143. The quantitative estimate of drug-likeness (QED) is 0.789. The van der Waals surface area contributed by atoms with E-state index in [1.165, 1.54) is 0 Å². The topological polar surface area (TPSA) is 39.2 Å². The highest BCUT2D eigenvalue weighted by Gasteiger charge is 2.15. The normalized spacial score (nSPS) is 15.7. The molecule has 0 fully saturated rings. The minimum absolute atomic E-state index is 0.143. The molecule has 0 aliphatic carbocycles. The summed E-state index contributed by atoms with van der Waals surface area (Å²) in [5.41, 5.74) is 1.78. The number of thiazole rings is 1. The Bertz CT molecular complexity index is 395. The second-order valence-electron chi connectivity index (χ2n) is 3.60. The maximum Gasteiger partial charge on any atom is 0.168 e. The Balaban J connectivity index is 2.00. The van der Waals surface area contributed by atoms with Crippen LogP contribution in [0, 0.1) is 6.92 Å². The van der Waals surface area contributed by atoms with Crippen molar-refractivity contribution in [2.24, 2.45) is 0 Å². The van der Waals surface area contributed by atoms with Gasteiger partial charge in [0.15, 0.2) is 5.78 Å². The zero-order valence-electron chi connectivity index (χ0n) is 8.66. The summed E-state index contributed by atoms with van der Waals surface area (Å²) in [6.45, 7) is 2.67. The van der Waals surface area contributed by atoms with Gasteiger partial charge in [-0.3, -0.25) is 4.79 Å². The molecule has 1 aliphatic heterocycles. The lowest BCUT2D eigenvalue weighted by Crippen LogP contribution is -2.11. The van der Waals surface area contributed by atoms with Crippen molar-refractivity contribution in [3.8, 4) is 0 Å². The Labute approximate surface area is 92.8 Å². The summed E-state index contributed by atoms with van der Waals surface area (Å²) in [6, 6.07) is 0. The SMILES string of the molecule is Cc1csc(CC(=O)C2=COCCC2)n1. The van der Waals surface area contributed by atoms with Crippen LogP contribution in [0.1, 0.15) is 23.5 Å². The zero-order valence-corrected chi connectivity index (χ0v) is 9.47. The van der Waals surface area contributed by atoms with Crippen LogP contribution in [0.2, 0.25) is 0 Å². The van der Waals surface area contributed by atoms with Crippen LogP contribution in [-0.2, 0) is 16.0 Å². The molecule has 0 aromatic carbocycles. The Morgan fingerprint density at radius 3 is 3.13 bits per heavy atom. The molecule has 1 aliphatic rings. The summed E-state index contributed by atoms with van der Waals surface area (Å²) in [5.74, 6) is 0.143. The molecule has 0 saturated heterocycles. The number of ketones is 1. The van der Waals surface area contributed by atoms with E-state index in [4.69, 9.17) is 4.74 Å². The molecule has 4 heteroatoms. The number of allylic oxidation sites excluding steroid dienone is 1. The van der Waals surface area contributed by atoms with Gasteiger partial charge in [0.1, 0.15) is 5.01 Å². The number of aryl methyl sites for hydroxylation is 1. The fourth-order valence-corrected chi connectivity index (χ4v) is 2.27. The highest BCUT2D eigenvalue weighted by molar-refractivity contribution is 7.09. The van der Waals surface area contributed by atoms with Gasteiger partial charge in [-0.15, -0.1) is 11.3 Å². The number of ether oxygens (including phenoxy) is 1. The third-order valence-corrected chi connectivity index (χ3v) is 3.24. The van der Waals surface area contributed by atoms with Gasteiger partial charge in [-0.05, 0) is 19.8 Å². The summed E-state index contributed by atoms with van der Waals surface area (Å²) in [4.78, 5) is 16.1. The highest BCUT2D eigenvalue weighted by Crippen LogP contribution is 2.17. The number of rotatable bonds is 3. The lowest BCUT2D eigenvalue weighted by Gasteiger charge is -2.11. The second-order valence-corrected chi connectivity index (χ2v) is 4.54. The molecule has 2 rings (SSSR count). The molecule has 0 unspecified atom stereocenters. The van der Waals surface area contributed by atoms with Crippen molar-refractivity contribution in [1.29, 1.82) is 0 Å². The van der Waals surface area contributed by atoms with Gasteiger partial charge in [0.25, 0.3) is 0 Å². The molecule has 3 nitrogen and oxygen atoms in total. The molecule has 1 aromatic heterocycles. The number of aromatic nitrogens is 1. The summed E-state index contributed by atoms with van der Waals surface area (Å²) >= 11 is 1.54. The summed E-state index contributed by atoms with van der Waals surface area (Å²) in [5, 5.41) is 2.86. The zero-order chi connectivity index (χ0) is 10.7. The predicted molar refractivity (Wildman–Crippen MR) is 58.8 cm³/mol. The first-order valence-corrected chi connectivity index (χ1v) is 5.88. The molecule has 1 aromatic rings. The van der Waals surface area contributed by atoms with E-state index < -0.39 is 0 Å². The van der Waals surface area contributed by atoms with Crippen molar-refractivity contribution in [1.82, 2.24) is 4.98 Å². The fourth-order valence-electron chi connectivity index (χ4n) is 1.50. The van der Waals surface area contributed by atoms with Crippen LogP contribution in [-0.4, -0.2) is 17.4 Å². The van der Waals surface area contributed by atoms with Crippen molar-refractivity contribution in [2.45, 2.75) is 26.2 Å². The highest BCUT2D eigenvalue weighted by atomic mass is 32.1. The molecule has 0 amide bonds. The van der Waals surface area contributed by atoms with Gasteiger partial charge in [-0.2, -0.15) is 0 Å². The van der Waals surface area contributed by atoms with Gasteiger partial charge in [-0.25, -0.2) is 4.98 Å². The van der Waals surface area contributed by atoms with Crippen molar-refractivity contribution < 1.29 is 9.53 Å². The third-order valence-electron chi connectivity index (χ3n) is 2.27. The Kier molecular flexibility index (Phi) is 3.16. The molecular weight excluding hydrogens is 210 g/mol. The van der Waals surface area contributed by atoms with E-state index in [1.54, 1.807) is 17.6 Å². The first kappa shape index (κ1) is 10.4. The average molecular weight is 223 g/mol. The van der Waals surface area contributed by atoms with Crippen molar-refractivity contribution in [2.75, 3.05) is 6.61 Å². The molecule has 80 valence electrons. The number of hydrogen-bond donors (Lipinski definition) is 0. The van der Waals surface area contributed by atoms with Crippen LogP contribution in [0.15, 0.2) is 17.2 Å². The Morgan fingerprint density at radius 2 is 2.53 bits per heavy atom. The maximum absolute atomic E-state index is 11.8. The molecule has 15 heavy (non-hydrogen) atoms. The molecule has 0 radical (unpaired) electrons. The molecule has 0 saturated carbocycles. The predicted octanol–water partition coefficient (Wildman–Crippen LogP) is 2.26. The van der Waals surface area contributed by atoms with Crippen molar-refractivity contribution >= 4 is 17.1 Å². The lowest BCUT2D eigenvalue weighted by atomic mass is 10.0.